The van der Waals surface area contributed by atoms with Crippen molar-refractivity contribution in [3.8, 4) is 0 Å². The van der Waals surface area contributed by atoms with Crippen LogP contribution in [0.1, 0.15) is 46.0 Å². The van der Waals surface area contributed by atoms with Gasteiger partial charge in [-0.25, -0.2) is 0 Å². The van der Waals surface area contributed by atoms with E-state index >= 15 is 0 Å². The highest BCUT2D eigenvalue weighted by molar-refractivity contribution is 7.86. The molecule has 0 aromatic rings. The minimum absolute atomic E-state index is 0.582. The molecule has 1 heterocycles. The van der Waals surface area contributed by atoms with Crippen molar-refractivity contribution in [2.75, 3.05) is 26.2 Å². The molecular formula is C11H24N2O2S. The maximum atomic E-state index is 12.3. The van der Waals surface area contributed by atoms with Gasteiger partial charge >= 0.3 is 0 Å². The Morgan fingerprint density at radius 1 is 1.12 bits per heavy atom. The highest BCUT2D eigenvalue weighted by atomic mass is 32.2. The van der Waals surface area contributed by atoms with Gasteiger partial charge in [-0.15, -0.1) is 0 Å². The summed E-state index contributed by atoms with van der Waals surface area (Å²) in [4.78, 5) is 0. The van der Waals surface area contributed by atoms with E-state index in [9.17, 15) is 8.42 Å². The molecule has 0 bridgehead atoms. The third-order valence-corrected chi connectivity index (χ3v) is 5.19. The van der Waals surface area contributed by atoms with Crippen LogP contribution in [-0.4, -0.2) is 43.2 Å². The lowest BCUT2D eigenvalue weighted by atomic mass is 10.2. The van der Waals surface area contributed by atoms with E-state index < -0.39 is 10.2 Å². The lowest BCUT2D eigenvalue weighted by molar-refractivity contribution is 0.304. The summed E-state index contributed by atoms with van der Waals surface area (Å²) in [5.41, 5.74) is 0. The third-order valence-electron chi connectivity index (χ3n) is 3.08. The number of rotatable bonds is 6. The summed E-state index contributed by atoms with van der Waals surface area (Å²) in [5, 5.41) is 0. The summed E-state index contributed by atoms with van der Waals surface area (Å²) in [6.45, 7) is 6.64. The number of piperidine rings is 1. The van der Waals surface area contributed by atoms with E-state index in [2.05, 4.69) is 6.92 Å². The number of unbranched alkanes of at least 4 members (excludes halogenated alkanes) is 1. The lowest BCUT2D eigenvalue weighted by Crippen LogP contribution is -2.46. The van der Waals surface area contributed by atoms with Gasteiger partial charge in [0.2, 0.25) is 0 Å². The molecule has 0 aliphatic carbocycles. The Balaban J connectivity index is 2.64. The molecular weight excluding hydrogens is 224 g/mol. The molecule has 96 valence electrons. The molecule has 0 aromatic carbocycles. The summed E-state index contributed by atoms with van der Waals surface area (Å²) in [7, 11) is -3.18. The first-order valence-corrected chi connectivity index (χ1v) is 7.77. The van der Waals surface area contributed by atoms with E-state index in [1.165, 1.54) is 0 Å². The summed E-state index contributed by atoms with van der Waals surface area (Å²) >= 11 is 0. The highest BCUT2D eigenvalue weighted by Gasteiger charge is 2.28. The molecule has 0 aromatic heterocycles. The maximum Gasteiger partial charge on any atom is 0.281 e. The smallest absolute Gasteiger partial charge is 0.195 e. The minimum Gasteiger partial charge on any atom is -0.195 e. The summed E-state index contributed by atoms with van der Waals surface area (Å²) in [6.07, 6.45) is 5.15. The predicted molar refractivity (Wildman–Crippen MR) is 66.5 cm³/mol. The van der Waals surface area contributed by atoms with Gasteiger partial charge in [-0.2, -0.15) is 17.0 Å². The first kappa shape index (κ1) is 13.9. The number of hydrogen-bond donors (Lipinski definition) is 0. The van der Waals surface area contributed by atoms with Crippen molar-refractivity contribution in [2.45, 2.75) is 46.0 Å². The van der Waals surface area contributed by atoms with Crippen LogP contribution >= 0.6 is 0 Å². The van der Waals surface area contributed by atoms with Crippen LogP contribution in [0.15, 0.2) is 0 Å². The fraction of sp³-hybridized carbons (Fsp3) is 1.00. The zero-order valence-electron chi connectivity index (χ0n) is 10.5. The molecule has 16 heavy (non-hydrogen) atoms. The van der Waals surface area contributed by atoms with Crippen LogP contribution in [0.5, 0.6) is 0 Å². The zero-order valence-corrected chi connectivity index (χ0v) is 11.3. The van der Waals surface area contributed by atoms with Gasteiger partial charge in [-0.3, -0.25) is 0 Å². The van der Waals surface area contributed by atoms with E-state index in [1.54, 1.807) is 8.61 Å². The van der Waals surface area contributed by atoms with Crippen LogP contribution in [0.25, 0.3) is 0 Å². The molecule has 0 radical (unpaired) electrons. The summed E-state index contributed by atoms with van der Waals surface area (Å²) in [6, 6.07) is 0. The molecule has 1 rings (SSSR count). The predicted octanol–water partition coefficient (Wildman–Crippen LogP) is 1.84. The normalized spacial score (nSPS) is 19.2. The molecule has 1 fully saturated rings. The highest BCUT2D eigenvalue weighted by Crippen LogP contribution is 2.16. The second-order valence-corrected chi connectivity index (χ2v) is 6.24. The molecule has 1 aliphatic heterocycles. The number of nitrogens with zero attached hydrogens (tertiary/aromatic N) is 2. The summed E-state index contributed by atoms with van der Waals surface area (Å²) in [5.74, 6) is 0. The Morgan fingerprint density at radius 2 is 1.75 bits per heavy atom. The van der Waals surface area contributed by atoms with Gasteiger partial charge in [0.05, 0.1) is 0 Å². The Kier molecular flexibility index (Phi) is 5.72. The molecule has 0 amide bonds. The van der Waals surface area contributed by atoms with Crippen LogP contribution in [-0.2, 0) is 10.2 Å². The molecule has 0 N–H and O–H groups in total. The number of hydrogen-bond acceptors (Lipinski definition) is 2. The Bertz CT molecular complexity index is 284. The average Bonchev–Trinajstić information content (AvgIpc) is 2.31. The van der Waals surface area contributed by atoms with Crippen molar-refractivity contribution in [1.29, 1.82) is 0 Å². The van der Waals surface area contributed by atoms with Crippen LogP contribution in [0, 0.1) is 0 Å². The molecule has 1 aliphatic rings. The molecule has 0 spiro atoms. The Hall–Kier alpha value is -0.130. The van der Waals surface area contributed by atoms with Gasteiger partial charge < -0.3 is 0 Å². The fourth-order valence-electron chi connectivity index (χ4n) is 2.03. The molecule has 4 nitrogen and oxygen atoms in total. The van der Waals surface area contributed by atoms with Crippen molar-refractivity contribution in [3.63, 3.8) is 0 Å². The van der Waals surface area contributed by atoms with Crippen LogP contribution < -0.4 is 0 Å². The fourth-order valence-corrected chi connectivity index (χ4v) is 3.76. The van der Waals surface area contributed by atoms with Crippen LogP contribution in [0.2, 0.25) is 0 Å². The molecule has 5 heteroatoms. The summed E-state index contributed by atoms with van der Waals surface area (Å²) < 4.78 is 27.8. The Morgan fingerprint density at radius 3 is 2.25 bits per heavy atom. The van der Waals surface area contributed by atoms with Crippen molar-refractivity contribution >= 4 is 10.2 Å². The van der Waals surface area contributed by atoms with Gasteiger partial charge in [-0.05, 0) is 19.3 Å². The molecule has 1 saturated heterocycles. The average molecular weight is 248 g/mol. The van der Waals surface area contributed by atoms with Gasteiger partial charge in [0, 0.05) is 26.2 Å². The van der Waals surface area contributed by atoms with Gasteiger partial charge in [0.1, 0.15) is 0 Å². The zero-order chi connectivity index (χ0) is 12.0. The maximum absolute atomic E-state index is 12.3. The van der Waals surface area contributed by atoms with Gasteiger partial charge in [0.25, 0.3) is 10.2 Å². The van der Waals surface area contributed by atoms with E-state index in [-0.39, 0.29) is 0 Å². The first-order chi connectivity index (χ1) is 7.62. The van der Waals surface area contributed by atoms with E-state index in [0.29, 0.717) is 26.2 Å². The largest absolute Gasteiger partial charge is 0.281 e. The third kappa shape index (κ3) is 3.43. The first-order valence-electron chi connectivity index (χ1n) is 6.38. The van der Waals surface area contributed by atoms with E-state index in [0.717, 1.165) is 32.1 Å². The molecule has 0 saturated carbocycles. The van der Waals surface area contributed by atoms with Crippen molar-refractivity contribution in [3.05, 3.63) is 0 Å². The Labute approximate surface area is 99.8 Å². The topological polar surface area (TPSA) is 40.6 Å². The van der Waals surface area contributed by atoms with E-state index in [1.807, 2.05) is 6.92 Å². The van der Waals surface area contributed by atoms with Crippen molar-refractivity contribution < 1.29 is 8.42 Å². The second kappa shape index (κ2) is 6.57. The standard InChI is InChI=1S/C11H24N2O2S/c1-3-5-9-12(4-2)16(14,15)13-10-7-6-8-11-13/h3-11H2,1-2H3. The second-order valence-electron chi connectivity index (χ2n) is 4.31. The van der Waals surface area contributed by atoms with Gasteiger partial charge in [-0.1, -0.05) is 26.7 Å². The van der Waals surface area contributed by atoms with Crippen LogP contribution in [0.4, 0.5) is 0 Å². The van der Waals surface area contributed by atoms with Gasteiger partial charge in [0.15, 0.2) is 0 Å². The monoisotopic (exact) mass is 248 g/mol. The van der Waals surface area contributed by atoms with Crippen molar-refractivity contribution in [2.24, 2.45) is 0 Å². The van der Waals surface area contributed by atoms with Crippen LogP contribution in [0.3, 0.4) is 0 Å². The molecule has 0 atom stereocenters. The molecule has 0 unspecified atom stereocenters. The van der Waals surface area contributed by atoms with E-state index in [4.69, 9.17) is 0 Å². The SMILES string of the molecule is CCCCN(CC)S(=O)(=O)N1CCCCC1. The quantitative estimate of drug-likeness (QED) is 0.719. The van der Waals surface area contributed by atoms with Crippen molar-refractivity contribution in [1.82, 2.24) is 8.61 Å². The lowest BCUT2D eigenvalue weighted by Gasteiger charge is -2.31. The minimum atomic E-state index is -3.18.